The van der Waals surface area contributed by atoms with Crippen LogP contribution in [0, 0.1) is 5.92 Å². The van der Waals surface area contributed by atoms with E-state index < -0.39 is 0 Å². The molecule has 2 aliphatic rings. The van der Waals surface area contributed by atoms with E-state index in [9.17, 15) is 4.79 Å². The molecule has 7 heteroatoms. The average Bonchev–Trinajstić information content (AvgIpc) is 2.98. The molecule has 0 bridgehead atoms. The molecule has 138 valence electrons. The lowest BCUT2D eigenvalue weighted by Gasteiger charge is -2.28. The van der Waals surface area contributed by atoms with E-state index >= 15 is 0 Å². The van der Waals surface area contributed by atoms with Gasteiger partial charge in [0, 0.05) is 14.9 Å². The molecule has 2 aromatic rings. The quantitative estimate of drug-likeness (QED) is 0.573. The van der Waals surface area contributed by atoms with Gasteiger partial charge in [-0.1, -0.05) is 29.3 Å². The van der Waals surface area contributed by atoms with Gasteiger partial charge in [-0.3, -0.25) is 4.79 Å². The predicted octanol–water partition coefficient (Wildman–Crippen LogP) is 5.65. The van der Waals surface area contributed by atoms with Gasteiger partial charge in [0.15, 0.2) is 0 Å². The summed E-state index contributed by atoms with van der Waals surface area (Å²) in [4.78, 5) is 14.3. The summed E-state index contributed by atoms with van der Waals surface area (Å²) in [7, 11) is 1.64. The van der Waals surface area contributed by atoms with Gasteiger partial charge in [0.2, 0.25) is 0 Å². The summed E-state index contributed by atoms with van der Waals surface area (Å²) < 4.78 is 7.34. The molecule has 0 saturated heterocycles. The number of methoxy groups -OCH3 is 1. The number of carbonyl (C=O) groups excluding carboxylic acids is 1. The van der Waals surface area contributed by atoms with Crippen molar-refractivity contribution >= 4 is 54.1 Å². The number of thiophene rings is 1. The molecule has 1 aliphatic carbocycles. The van der Waals surface area contributed by atoms with Gasteiger partial charge in [-0.25, -0.2) is 0 Å². The minimum absolute atomic E-state index is 0.00866. The molecule has 1 aliphatic heterocycles. The summed E-state index contributed by atoms with van der Waals surface area (Å²) in [6, 6.07) is 3.92. The fourth-order valence-corrected chi connectivity index (χ4v) is 6.69. The van der Waals surface area contributed by atoms with Crippen molar-refractivity contribution in [3.05, 3.63) is 42.6 Å². The summed E-state index contributed by atoms with van der Waals surface area (Å²) in [5.41, 5.74) is 3.00. The summed E-state index contributed by atoms with van der Waals surface area (Å²) in [6.45, 7) is 2.25. The third-order valence-electron chi connectivity index (χ3n) is 5.27. The molecule has 2 N–H and O–H groups in total. The third-order valence-corrected chi connectivity index (χ3v) is 7.51. The molecule has 2 atom stereocenters. The number of anilines is 1. The number of carbonyl (C=O) groups is 1. The van der Waals surface area contributed by atoms with Crippen molar-refractivity contribution in [2.45, 2.75) is 38.8 Å². The van der Waals surface area contributed by atoms with Crippen molar-refractivity contribution in [3.63, 3.8) is 0 Å². The Kier molecular flexibility index (Phi) is 5.05. The molecule has 0 radical (unpaired) electrons. The van der Waals surface area contributed by atoms with Gasteiger partial charge < -0.3 is 15.4 Å². The maximum atomic E-state index is 12.9. The molecule has 0 fully saturated rings. The number of ether oxygens (including phenoxy) is 1. The van der Waals surface area contributed by atoms with Crippen LogP contribution in [0.1, 0.15) is 52.3 Å². The molecule has 0 saturated carbocycles. The molecule has 1 amide bonds. The van der Waals surface area contributed by atoms with E-state index in [1.54, 1.807) is 18.4 Å². The maximum absolute atomic E-state index is 12.9. The van der Waals surface area contributed by atoms with Crippen LogP contribution < -0.4 is 15.4 Å². The highest BCUT2D eigenvalue weighted by Gasteiger charge is 2.34. The smallest absolute Gasteiger partial charge is 0.256 e. The van der Waals surface area contributed by atoms with Gasteiger partial charge in [0.1, 0.15) is 16.9 Å². The highest BCUT2D eigenvalue weighted by atomic mass is 79.9. The summed E-state index contributed by atoms with van der Waals surface area (Å²) >= 11 is 8.81. The van der Waals surface area contributed by atoms with Crippen molar-refractivity contribution in [1.82, 2.24) is 5.32 Å². The van der Waals surface area contributed by atoms with Gasteiger partial charge in [-0.05, 0) is 58.8 Å². The predicted molar refractivity (Wildman–Crippen MR) is 112 cm³/mol. The monoisotopic (exact) mass is 498 g/mol. The minimum Gasteiger partial charge on any atom is -0.495 e. The second-order valence-electron chi connectivity index (χ2n) is 6.79. The number of rotatable bonds is 3. The van der Waals surface area contributed by atoms with Crippen molar-refractivity contribution in [1.29, 1.82) is 0 Å². The lowest BCUT2D eigenvalue weighted by atomic mass is 9.85. The fourth-order valence-electron chi connectivity index (χ4n) is 3.88. The Morgan fingerprint density at radius 3 is 2.85 bits per heavy atom. The molecule has 1 aromatic carbocycles. The molecule has 26 heavy (non-hydrogen) atoms. The molecule has 0 spiro atoms. The first kappa shape index (κ1) is 18.3. The zero-order chi connectivity index (χ0) is 18.4. The lowest BCUT2D eigenvalue weighted by Crippen LogP contribution is -2.38. The molecule has 4 nitrogen and oxygen atoms in total. The van der Waals surface area contributed by atoms with Gasteiger partial charge in [-0.2, -0.15) is 0 Å². The molecular formula is C19H20Br2N2O2S. The number of nitrogens with one attached hydrogen (secondary N) is 2. The summed E-state index contributed by atoms with van der Waals surface area (Å²) in [5.74, 6) is 1.47. The number of fused-ring (bicyclic) bond motifs is 3. The van der Waals surface area contributed by atoms with Crippen LogP contribution in [-0.4, -0.2) is 13.0 Å². The van der Waals surface area contributed by atoms with E-state index in [1.165, 1.54) is 23.3 Å². The zero-order valence-corrected chi connectivity index (χ0v) is 18.6. The fraction of sp³-hybridized carbons (Fsp3) is 0.421. The average molecular weight is 500 g/mol. The zero-order valence-electron chi connectivity index (χ0n) is 14.6. The van der Waals surface area contributed by atoms with E-state index in [1.807, 2.05) is 12.1 Å². The number of halogens is 2. The Labute approximate surface area is 174 Å². The first-order valence-electron chi connectivity index (χ1n) is 8.76. The number of benzene rings is 1. The summed E-state index contributed by atoms with van der Waals surface area (Å²) in [5, 5.41) is 7.63. The van der Waals surface area contributed by atoms with Crippen LogP contribution in [-0.2, 0) is 12.8 Å². The van der Waals surface area contributed by atoms with Crippen LogP contribution in [0.25, 0.3) is 0 Å². The molecule has 1 aromatic heterocycles. The lowest BCUT2D eigenvalue weighted by molar-refractivity contribution is 0.0934. The second kappa shape index (κ2) is 7.17. The first-order chi connectivity index (χ1) is 12.5. The van der Waals surface area contributed by atoms with E-state index in [-0.39, 0.29) is 12.1 Å². The first-order valence-corrected chi connectivity index (χ1v) is 11.2. The van der Waals surface area contributed by atoms with Gasteiger partial charge in [0.25, 0.3) is 5.91 Å². The van der Waals surface area contributed by atoms with Gasteiger partial charge in [0.05, 0.1) is 17.1 Å². The van der Waals surface area contributed by atoms with Gasteiger partial charge in [-0.15, -0.1) is 11.3 Å². The topological polar surface area (TPSA) is 50.4 Å². The molecule has 4 rings (SSSR count). The van der Waals surface area contributed by atoms with Crippen molar-refractivity contribution in [2.24, 2.45) is 5.92 Å². The number of hydrogen-bond acceptors (Lipinski definition) is 4. The van der Waals surface area contributed by atoms with Crippen LogP contribution in [0.3, 0.4) is 0 Å². The Morgan fingerprint density at radius 1 is 1.31 bits per heavy atom. The largest absolute Gasteiger partial charge is 0.495 e. The highest BCUT2D eigenvalue weighted by molar-refractivity contribution is 9.11. The van der Waals surface area contributed by atoms with Crippen LogP contribution in [0.15, 0.2) is 21.1 Å². The van der Waals surface area contributed by atoms with Crippen LogP contribution >= 0.6 is 43.2 Å². The van der Waals surface area contributed by atoms with Crippen LogP contribution in [0.4, 0.5) is 5.00 Å². The van der Waals surface area contributed by atoms with Crippen LogP contribution in [0.5, 0.6) is 5.75 Å². The van der Waals surface area contributed by atoms with Crippen molar-refractivity contribution in [3.8, 4) is 5.75 Å². The maximum Gasteiger partial charge on any atom is 0.256 e. The third kappa shape index (κ3) is 3.08. The molecular weight excluding hydrogens is 480 g/mol. The second-order valence-corrected chi connectivity index (χ2v) is 9.66. The Balaban J connectivity index is 1.72. The summed E-state index contributed by atoms with van der Waals surface area (Å²) in [6.07, 6.45) is 4.16. The van der Waals surface area contributed by atoms with Gasteiger partial charge >= 0.3 is 0 Å². The molecule has 0 unspecified atom stereocenters. The molecule has 2 heterocycles. The van der Waals surface area contributed by atoms with Crippen molar-refractivity contribution < 1.29 is 9.53 Å². The Hall–Kier alpha value is -1.05. The van der Waals surface area contributed by atoms with Crippen LogP contribution in [0.2, 0.25) is 0 Å². The van der Waals surface area contributed by atoms with E-state index in [4.69, 9.17) is 4.74 Å². The normalized spacial score (nSPS) is 21.5. The Morgan fingerprint density at radius 2 is 2.12 bits per heavy atom. The van der Waals surface area contributed by atoms with E-state index in [2.05, 4.69) is 49.4 Å². The SMILES string of the molecule is CC[C@H]1CCc2c(sc3c2C(=O)N[C@H](c2cc(Br)cc(Br)c2OC)N3)C1. The number of hydrogen-bond donors (Lipinski definition) is 2. The highest BCUT2D eigenvalue weighted by Crippen LogP contribution is 2.45. The van der Waals surface area contributed by atoms with Crippen molar-refractivity contribution in [2.75, 3.05) is 12.4 Å². The standard InChI is InChI=1S/C19H20Br2N2O2S/c1-3-9-4-5-11-14(6-9)26-19-15(11)18(24)22-17(23-19)12-7-10(20)8-13(21)16(12)25-2/h7-9,17,23H,3-6H2,1-2H3,(H,22,24)/t9-,17-/m0/s1. The number of amides is 1. The van der Waals surface area contributed by atoms with E-state index in [0.717, 1.165) is 49.6 Å². The minimum atomic E-state index is -0.319. The Bertz CT molecular complexity index is 881. The van der Waals surface area contributed by atoms with E-state index in [0.29, 0.717) is 0 Å².